The van der Waals surface area contributed by atoms with Crippen molar-refractivity contribution in [2.45, 2.75) is 30.4 Å². The van der Waals surface area contributed by atoms with Crippen LogP contribution in [0.4, 0.5) is 0 Å². The van der Waals surface area contributed by atoms with Crippen molar-refractivity contribution in [3.05, 3.63) is 130 Å². The zero-order valence-electron chi connectivity index (χ0n) is 22.8. The van der Waals surface area contributed by atoms with E-state index in [4.69, 9.17) is 0 Å². The lowest BCUT2D eigenvalue weighted by atomic mass is 9.98. The van der Waals surface area contributed by atoms with Gasteiger partial charge in [0.15, 0.2) is 5.70 Å². The average Bonchev–Trinajstić information content (AvgIpc) is 3.01. The van der Waals surface area contributed by atoms with Crippen molar-refractivity contribution in [3.63, 3.8) is 0 Å². The number of carboxylic acids is 1. The number of carbonyl (C=O) groups is 3. The number of nitrogens with zero attached hydrogens (tertiary/aromatic N) is 2. The zero-order chi connectivity index (χ0) is 29.1. The van der Waals surface area contributed by atoms with Crippen LogP contribution in [0.25, 0.3) is 0 Å². The Morgan fingerprint density at radius 1 is 0.929 bits per heavy atom. The maximum absolute atomic E-state index is 13.2. The quantitative estimate of drug-likeness (QED) is 0.232. The highest BCUT2D eigenvalue weighted by atomic mass is 32.2. The molecule has 1 fully saturated rings. The summed E-state index contributed by atoms with van der Waals surface area (Å²) in [5.74, 6) is -1.35. The summed E-state index contributed by atoms with van der Waals surface area (Å²) in [6.07, 6.45) is 4.35. The summed E-state index contributed by atoms with van der Waals surface area (Å²) in [6.45, 7) is 1.50. The first-order valence-corrected chi connectivity index (χ1v) is 15.6. The summed E-state index contributed by atoms with van der Waals surface area (Å²) >= 11 is 2.93. The van der Waals surface area contributed by atoms with Crippen molar-refractivity contribution in [2.75, 3.05) is 12.3 Å². The monoisotopic (exact) mass is 596 g/mol. The molecular weight excluding hydrogens is 567 g/mol. The second kappa shape index (κ2) is 12.4. The third-order valence-corrected chi connectivity index (χ3v) is 10.1. The normalized spacial score (nSPS) is 23.0. The van der Waals surface area contributed by atoms with Crippen LogP contribution in [0.2, 0.25) is 0 Å². The number of carboxylic acid groups (broad SMARTS) is 1. The number of carbonyl (C=O) groups excluding carboxylic acids is 2. The first-order valence-electron chi connectivity index (χ1n) is 13.8. The molecule has 3 atom stereocenters. The van der Waals surface area contributed by atoms with Gasteiger partial charge in [-0.25, -0.2) is 4.79 Å². The van der Waals surface area contributed by atoms with Crippen LogP contribution in [-0.2, 0) is 38.7 Å². The van der Waals surface area contributed by atoms with Crippen LogP contribution < -0.4 is 5.32 Å². The van der Waals surface area contributed by atoms with Gasteiger partial charge in [-0.15, -0.1) is 11.8 Å². The van der Waals surface area contributed by atoms with Crippen LogP contribution in [0.15, 0.2) is 114 Å². The Morgan fingerprint density at radius 2 is 1.57 bits per heavy atom. The number of nitrogens with one attached hydrogen (secondary N) is 1. The summed E-state index contributed by atoms with van der Waals surface area (Å²) in [5.41, 5.74) is 3.19. The molecule has 42 heavy (non-hydrogen) atoms. The minimum atomic E-state index is -1.14. The topological polar surface area (TPSA) is 90.0 Å². The molecule has 0 bridgehead atoms. The largest absolute Gasteiger partial charge is 0.476 e. The number of rotatable bonds is 8. The van der Waals surface area contributed by atoms with Gasteiger partial charge in [-0.1, -0.05) is 97.1 Å². The molecule has 3 aliphatic rings. The van der Waals surface area contributed by atoms with E-state index in [0.29, 0.717) is 10.7 Å². The number of benzene rings is 3. The minimum absolute atomic E-state index is 0.00945. The Hall–Kier alpha value is -4.05. The molecule has 212 valence electrons. The molecule has 3 heterocycles. The molecule has 2 amide bonds. The lowest BCUT2D eigenvalue weighted by Gasteiger charge is -2.47. The Bertz CT molecular complexity index is 1570. The number of hydrogen-bond donors (Lipinski definition) is 2. The van der Waals surface area contributed by atoms with Crippen molar-refractivity contribution in [3.8, 4) is 0 Å². The highest BCUT2D eigenvalue weighted by molar-refractivity contribution is 8.01. The SMILES string of the molecule is O=C(Cc1ccccc1)N[C@@H]1C(=O)N2C(C(=O)O)=C([S+]=C3C=CCN(Cc4ccccc4)C3c3ccccc3)CS[C@@H]12. The molecule has 9 heteroatoms. The van der Waals surface area contributed by atoms with Gasteiger partial charge in [-0.2, -0.15) is 0 Å². The number of hydrogen-bond acceptors (Lipinski definition) is 5. The van der Waals surface area contributed by atoms with Gasteiger partial charge >= 0.3 is 5.97 Å². The van der Waals surface area contributed by atoms with Crippen LogP contribution in [0.1, 0.15) is 22.7 Å². The fourth-order valence-corrected chi connectivity index (χ4v) is 8.33. The van der Waals surface area contributed by atoms with E-state index in [1.54, 1.807) is 0 Å². The molecule has 1 saturated heterocycles. The molecule has 0 spiro atoms. The Morgan fingerprint density at radius 3 is 2.24 bits per heavy atom. The van der Waals surface area contributed by atoms with E-state index in [9.17, 15) is 19.5 Å². The fourth-order valence-electron chi connectivity index (χ4n) is 5.57. The minimum Gasteiger partial charge on any atom is -0.476 e. The van der Waals surface area contributed by atoms with Gasteiger partial charge in [0.25, 0.3) is 5.91 Å². The molecule has 2 N–H and O–H groups in total. The van der Waals surface area contributed by atoms with Gasteiger partial charge < -0.3 is 10.4 Å². The van der Waals surface area contributed by atoms with Crippen molar-refractivity contribution < 1.29 is 19.5 Å². The zero-order valence-corrected chi connectivity index (χ0v) is 24.4. The molecular formula is C33H30N3O4S2+. The number of β-lactam (4-membered cyclic amide) rings is 1. The third kappa shape index (κ3) is 5.81. The smallest absolute Gasteiger partial charge is 0.358 e. The van der Waals surface area contributed by atoms with Crippen LogP contribution >= 0.6 is 11.8 Å². The highest BCUT2D eigenvalue weighted by Crippen LogP contribution is 2.41. The van der Waals surface area contributed by atoms with E-state index >= 15 is 0 Å². The summed E-state index contributed by atoms with van der Waals surface area (Å²) < 4.78 is 0. The third-order valence-electron chi connectivity index (χ3n) is 7.50. The molecule has 7 nitrogen and oxygen atoms in total. The molecule has 1 unspecified atom stereocenters. The van der Waals surface area contributed by atoms with E-state index in [1.807, 2.05) is 66.7 Å². The maximum atomic E-state index is 13.2. The van der Waals surface area contributed by atoms with Crippen molar-refractivity contribution >= 4 is 45.8 Å². The van der Waals surface area contributed by atoms with E-state index in [0.717, 1.165) is 29.1 Å². The van der Waals surface area contributed by atoms with Crippen molar-refractivity contribution in [1.29, 1.82) is 0 Å². The van der Waals surface area contributed by atoms with Gasteiger partial charge in [0, 0.05) is 13.1 Å². The molecule has 3 aromatic rings. The van der Waals surface area contributed by atoms with Crippen LogP contribution in [0.5, 0.6) is 0 Å². The van der Waals surface area contributed by atoms with Gasteiger partial charge in [-0.3, -0.25) is 19.4 Å². The van der Waals surface area contributed by atoms with Gasteiger partial charge in [-0.05, 0) is 22.8 Å². The lowest BCUT2D eigenvalue weighted by molar-refractivity contribution is -0.150. The van der Waals surface area contributed by atoms with Crippen LogP contribution in [-0.4, -0.2) is 61.3 Å². The summed E-state index contributed by atoms with van der Waals surface area (Å²) in [7, 11) is 0. The Kier molecular flexibility index (Phi) is 8.32. The number of aliphatic carboxylic acids is 1. The first kappa shape index (κ1) is 28.1. The van der Waals surface area contributed by atoms with E-state index in [1.165, 1.54) is 33.6 Å². The molecule has 0 saturated carbocycles. The molecule has 6 rings (SSSR count). The van der Waals surface area contributed by atoms with Crippen LogP contribution in [0.3, 0.4) is 0 Å². The van der Waals surface area contributed by atoms with Gasteiger partial charge in [0.05, 0.1) is 12.2 Å². The lowest BCUT2D eigenvalue weighted by Crippen LogP contribution is -2.70. The number of thioether (sulfide) groups is 1. The summed E-state index contributed by atoms with van der Waals surface area (Å²) in [6, 6.07) is 29.0. The Labute approximate surface area is 252 Å². The molecule has 3 aliphatic heterocycles. The van der Waals surface area contributed by atoms with Crippen molar-refractivity contribution in [2.24, 2.45) is 0 Å². The number of amides is 2. The molecule has 3 aromatic carbocycles. The highest BCUT2D eigenvalue weighted by Gasteiger charge is 2.56. The predicted molar refractivity (Wildman–Crippen MR) is 167 cm³/mol. The second-order valence-electron chi connectivity index (χ2n) is 10.3. The van der Waals surface area contributed by atoms with E-state index in [2.05, 4.69) is 46.6 Å². The standard InChI is InChI=1S/C33H29N3O4S2/c37-27(19-22-11-4-1-5-12-22)34-28-31(38)36-30(33(39)40)26(21-41-32(28)36)42-25-17-10-18-35(20-23-13-6-2-7-14-23)29(25)24-15-8-3-9-16-24/h1-17,28-29,32H,18-21H2,(H-,34,37,39,40)/p+1/t28-,29?,32+/m1/s1. The summed E-state index contributed by atoms with van der Waals surface area (Å²) in [5, 5.41) is 12.7. The van der Waals surface area contributed by atoms with Gasteiger partial charge in [0.1, 0.15) is 17.5 Å². The van der Waals surface area contributed by atoms with E-state index < -0.39 is 23.3 Å². The van der Waals surface area contributed by atoms with E-state index in [-0.39, 0.29) is 24.1 Å². The molecule has 0 radical (unpaired) electrons. The summed E-state index contributed by atoms with van der Waals surface area (Å²) in [4.78, 5) is 43.8. The number of fused-ring (bicyclic) bond motifs is 1. The predicted octanol–water partition coefficient (Wildman–Crippen LogP) is 3.99. The first-order chi connectivity index (χ1) is 20.5. The molecule has 0 aromatic heterocycles. The Balaban J connectivity index is 1.27. The fraction of sp³-hybridized carbons (Fsp3) is 0.212. The van der Waals surface area contributed by atoms with Crippen molar-refractivity contribution in [1.82, 2.24) is 15.1 Å². The maximum Gasteiger partial charge on any atom is 0.358 e. The molecule has 0 aliphatic carbocycles. The second-order valence-corrected chi connectivity index (χ2v) is 12.6. The van der Waals surface area contributed by atoms with Crippen LogP contribution in [0, 0.1) is 0 Å². The van der Waals surface area contributed by atoms with Gasteiger partial charge in [0.2, 0.25) is 27.0 Å². The average molecular weight is 597 g/mol.